The Morgan fingerprint density at radius 2 is 1.84 bits per heavy atom. The van der Waals surface area contributed by atoms with E-state index in [1.54, 1.807) is 34.0 Å². The van der Waals surface area contributed by atoms with Crippen LogP contribution in [-0.4, -0.2) is 28.9 Å². The summed E-state index contributed by atoms with van der Waals surface area (Å²) in [6.45, 7) is 1.53. The van der Waals surface area contributed by atoms with Gasteiger partial charge < -0.3 is 4.90 Å². The van der Waals surface area contributed by atoms with Crippen molar-refractivity contribution in [2.75, 3.05) is 13.1 Å². The Bertz CT molecular complexity index is 1220. The number of hydrogen-bond donors (Lipinski definition) is 0. The molecule has 1 saturated heterocycles. The van der Waals surface area contributed by atoms with Crippen molar-refractivity contribution in [1.29, 1.82) is 0 Å². The molecular weight excluding hydrogens is 520 g/mol. The molecule has 1 aliphatic rings. The van der Waals surface area contributed by atoms with Crippen LogP contribution in [0.15, 0.2) is 69.1 Å². The van der Waals surface area contributed by atoms with E-state index in [4.69, 9.17) is 4.98 Å². The topological polar surface area (TPSA) is 33.2 Å². The standard InChI is InChI=1S/C25H21BrN2OS3/c26-19-5-1-4-18(14-19)22-16-32-24(27-22)17-8-10-28(11-9-17)25(29)21(23-7-3-13-31-23)15-20-6-2-12-30-20/h1-7,12-17H,8-11H2/b21-15+. The normalized spacial score (nSPS) is 15.3. The van der Waals surface area contributed by atoms with Crippen LogP contribution in [0.2, 0.25) is 0 Å². The molecule has 1 amide bonds. The summed E-state index contributed by atoms with van der Waals surface area (Å²) >= 11 is 8.56. The number of thiophene rings is 2. The van der Waals surface area contributed by atoms with Crippen molar-refractivity contribution in [3.05, 3.63) is 83.9 Å². The van der Waals surface area contributed by atoms with Crippen molar-refractivity contribution in [2.24, 2.45) is 0 Å². The third-order valence-corrected chi connectivity index (χ3v) is 8.84. The zero-order valence-corrected chi connectivity index (χ0v) is 21.3. The van der Waals surface area contributed by atoms with Crippen LogP contribution in [0.25, 0.3) is 22.9 Å². The molecule has 0 aliphatic carbocycles. The van der Waals surface area contributed by atoms with Gasteiger partial charge in [-0.3, -0.25) is 4.79 Å². The molecule has 3 nitrogen and oxygen atoms in total. The second kappa shape index (κ2) is 9.83. The van der Waals surface area contributed by atoms with Gasteiger partial charge in [-0.25, -0.2) is 4.98 Å². The third kappa shape index (κ3) is 4.81. The number of amides is 1. The Morgan fingerprint density at radius 1 is 1.03 bits per heavy atom. The van der Waals surface area contributed by atoms with Crippen LogP contribution in [0.5, 0.6) is 0 Å². The fraction of sp³-hybridized carbons (Fsp3) is 0.200. The van der Waals surface area contributed by atoms with Crippen LogP contribution in [0.3, 0.4) is 0 Å². The molecule has 0 bridgehead atoms. The van der Waals surface area contributed by atoms with E-state index in [-0.39, 0.29) is 5.91 Å². The summed E-state index contributed by atoms with van der Waals surface area (Å²) in [6, 6.07) is 16.4. The lowest BCUT2D eigenvalue weighted by molar-refractivity contribution is -0.125. The number of carbonyl (C=O) groups is 1. The average Bonchev–Trinajstić information content (AvgIpc) is 3.60. The first-order valence-electron chi connectivity index (χ1n) is 10.5. The number of rotatable bonds is 5. The number of likely N-dealkylation sites (tertiary alicyclic amines) is 1. The van der Waals surface area contributed by atoms with Crippen LogP contribution in [0.4, 0.5) is 0 Å². The molecule has 7 heteroatoms. The molecule has 0 saturated carbocycles. The number of benzene rings is 1. The number of halogens is 1. The molecule has 4 heterocycles. The van der Waals surface area contributed by atoms with E-state index in [2.05, 4.69) is 39.5 Å². The molecule has 1 fully saturated rings. The predicted molar refractivity (Wildman–Crippen MR) is 140 cm³/mol. The minimum absolute atomic E-state index is 0.133. The van der Waals surface area contributed by atoms with E-state index in [1.165, 1.54) is 5.01 Å². The monoisotopic (exact) mass is 540 g/mol. The van der Waals surface area contributed by atoms with Gasteiger partial charge in [0.25, 0.3) is 5.91 Å². The molecule has 0 spiro atoms. The van der Waals surface area contributed by atoms with Gasteiger partial charge in [0, 0.05) is 44.2 Å². The van der Waals surface area contributed by atoms with Gasteiger partial charge in [0.1, 0.15) is 0 Å². The molecule has 4 aromatic rings. The quantitative estimate of drug-likeness (QED) is 0.243. The lowest BCUT2D eigenvalue weighted by Gasteiger charge is -2.31. The molecule has 3 aromatic heterocycles. The zero-order valence-electron chi connectivity index (χ0n) is 17.2. The van der Waals surface area contributed by atoms with Gasteiger partial charge in [-0.2, -0.15) is 0 Å². The Kier molecular flexibility index (Phi) is 6.69. The summed E-state index contributed by atoms with van der Waals surface area (Å²) in [4.78, 5) is 22.5. The highest BCUT2D eigenvalue weighted by Crippen LogP contribution is 2.35. The van der Waals surface area contributed by atoms with E-state index in [0.717, 1.165) is 57.0 Å². The number of piperidine rings is 1. The van der Waals surface area contributed by atoms with Crippen molar-refractivity contribution in [3.63, 3.8) is 0 Å². The molecule has 5 rings (SSSR count). The number of hydrogen-bond acceptors (Lipinski definition) is 5. The SMILES string of the molecule is O=C(/C(=C/c1cccs1)c1cccs1)N1CCC(c2nc(-c3cccc(Br)c3)cs2)CC1. The van der Waals surface area contributed by atoms with Crippen molar-refractivity contribution >= 4 is 67.5 Å². The highest BCUT2D eigenvalue weighted by molar-refractivity contribution is 9.10. The van der Waals surface area contributed by atoms with Gasteiger partial charge >= 0.3 is 0 Å². The number of aromatic nitrogens is 1. The molecule has 0 radical (unpaired) electrons. The van der Waals surface area contributed by atoms with Crippen LogP contribution in [0, 0.1) is 0 Å². The third-order valence-electron chi connectivity index (χ3n) is 5.62. The van der Waals surface area contributed by atoms with E-state index < -0.39 is 0 Å². The average molecular weight is 542 g/mol. The Morgan fingerprint density at radius 3 is 2.56 bits per heavy atom. The maximum absolute atomic E-state index is 13.4. The second-order valence-corrected chi connectivity index (χ2v) is 11.4. The minimum atomic E-state index is 0.133. The van der Waals surface area contributed by atoms with E-state index in [0.29, 0.717) is 5.92 Å². The number of thiazole rings is 1. The molecule has 1 aliphatic heterocycles. The number of carbonyl (C=O) groups excluding carboxylic acids is 1. The van der Waals surface area contributed by atoms with Gasteiger partial charge in [-0.1, -0.05) is 40.2 Å². The Labute approximate surface area is 208 Å². The molecule has 162 valence electrons. The lowest BCUT2D eigenvalue weighted by atomic mass is 9.96. The largest absolute Gasteiger partial charge is 0.339 e. The summed E-state index contributed by atoms with van der Waals surface area (Å²) in [5.41, 5.74) is 2.96. The predicted octanol–water partition coefficient (Wildman–Crippen LogP) is 7.64. The van der Waals surface area contributed by atoms with Gasteiger partial charge in [-0.15, -0.1) is 34.0 Å². The van der Waals surface area contributed by atoms with Crippen molar-refractivity contribution in [3.8, 4) is 11.3 Å². The Hall–Kier alpha value is -2.06. The molecule has 0 atom stereocenters. The summed E-state index contributed by atoms with van der Waals surface area (Å²) in [5, 5.41) is 7.40. The van der Waals surface area contributed by atoms with Crippen molar-refractivity contribution in [1.82, 2.24) is 9.88 Å². The van der Waals surface area contributed by atoms with Crippen molar-refractivity contribution < 1.29 is 4.79 Å². The maximum atomic E-state index is 13.4. The lowest BCUT2D eigenvalue weighted by Crippen LogP contribution is -2.38. The van der Waals surface area contributed by atoms with Gasteiger partial charge in [0.15, 0.2) is 0 Å². The minimum Gasteiger partial charge on any atom is -0.339 e. The van der Waals surface area contributed by atoms with Crippen LogP contribution < -0.4 is 0 Å². The van der Waals surface area contributed by atoms with Gasteiger partial charge in [0.05, 0.1) is 16.3 Å². The summed E-state index contributed by atoms with van der Waals surface area (Å²) in [7, 11) is 0. The summed E-state index contributed by atoms with van der Waals surface area (Å²) in [6.07, 6.45) is 3.94. The van der Waals surface area contributed by atoms with E-state index in [1.807, 2.05) is 52.1 Å². The summed E-state index contributed by atoms with van der Waals surface area (Å²) in [5.74, 6) is 0.546. The molecule has 1 aromatic carbocycles. The summed E-state index contributed by atoms with van der Waals surface area (Å²) < 4.78 is 1.06. The first kappa shape index (κ1) is 21.8. The number of nitrogens with zero attached hydrogens (tertiary/aromatic N) is 2. The van der Waals surface area contributed by atoms with Crippen molar-refractivity contribution in [2.45, 2.75) is 18.8 Å². The maximum Gasteiger partial charge on any atom is 0.255 e. The first-order chi connectivity index (χ1) is 15.7. The van der Waals surface area contributed by atoms with Crippen LogP contribution in [-0.2, 0) is 4.79 Å². The molecule has 32 heavy (non-hydrogen) atoms. The second-order valence-electron chi connectivity index (χ2n) is 7.70. The fourth-order valence-corrected chi connectivity index (χ4v) is 6.73. The van der Waals surface area contributed by atoms with Crippen LogP contribution >= 0.6 is 49.9 Å². The smallest absolute Gasteiger partial charge is 0.255 e. The van der Waals surface area contributed by atoms with Gasteiger partial charge in [0.2, 0.25) is 0 Å². The highest BCUT2D eigenvalue weighted by Gasteiger charge is 2.28. The van der Waals surface area contributed by atoms with Crippen LogP contribution in [0.1, 0.15) is 33.5 Å². The fourth-order valence-electron chi connectivity index (χ4n) is 3.94. The first-order valence-corrected chi connectivity index (χ1v) is 13.9. The highest BCUT2D eigenvalue weighted by atomic mass is 79.9. The van der Waals surface area contributed by atoms with E-state index in [9.17, 15) is 4.79 Å². The molecular formula is C25H21BrN2OS3. The molecule has 0 N–H and O–H groups in total. The van der Waals surface area contributed by atoms with Gasteiger partial charge in [-0.05, 0) is 53.9 Å². The molecule has 0 unspecified atom stereocenters. The zero-order chi connectivity index (χ0) is 21.9. The van der Waals surface area contributed by atoms with E-state index >= 15 is 0 Å². The Balaban J connectivity index is 1.28.